The van der Waals surface area contributed by atoms with Gasteiger partial charge in [0.25, 0.3) is 8.53 Å². The monoisotopic (exact) mass is 856 g/mol. The molecule has 1 aliphatic heterocycles. The van der Waals surface area contributed by atoms with Crippen LogP contribution < -0.4 is 14.8 Å². The van der Waals surface area contributed by atoms with Crippen molar-refractivity contribution in [2.24, 2.45) is 5.41 Å². The second-order valence-electron chi connectivity index (χ2n) is 15.6. The zero-order chi connectivity index (χ0) is 43.8. The summed E-state index contributed by atoms with van der Waals surface area (Å²) in [5.74, 6) is -0.585. The summed E-state index contributed by atoms with van der Waals surface area (Å²) in [6, 6.07) is 28.1. The Kier molecular flexibility index (Phi) is 18.6. The van der Waals surface area contributed by atoms with Crippen LogP contribution in [0.5, 0.6) is 11.5 Å². The van der Waals surface area contributed by atoms with Crippen LogP contribution in [0.4, 0.5) is 13.2 Å². The van der Waals surface area contributed by atoms with Crippen LogP contribution in [0.3, 0.4) is 0 Å². The number of halogens is 3. The van der Waals surface area contributed by atoms with Gasteiger partial charge < -0.3 is 33.5 Å². The Hall–Kier alpha value is -4.25. The molecule has 1 saturated heterocycles. The highest BCUT2D eigenvalue weighted by atomic mass is 31.2. The summed E-state index contributed by atoms with van der Waals surface area (Å²) in [6.45, 7) is 9.88. The number of ether oxygens (including phenoxy) is 3. The molecular formula is C45H60F3N4O7P. The standard InChI is InChI=1S/C45H60F3N4O7P/c1-34(2)52(35(3)4)60(58-31-13-27-49)59-33-43(25-29-51(30-26-43)41(53)16-11-8-12-28-50-42(54)45(46,47)48)32-57-44(36-14-9-7-10-15-36,37-17-21-39(55-5)22-18-37)38-19-23-40(56-6)24-20-38/h7,9-10,14-15,17-24,34-35H,8,11-13,16,25-26,28-33H2,1-6H3,(H,50,54). The zero-order valence-electron chi connectivity index (χ0n) is 35.6. The van der Waals surface area contributed by atoms with Crippen LogP contribution in [0.2, 0.25) is 0 Å². The maximum Gasteiger partial charge on any atom is 0.471 e. The minimum Gasteiger partial charge on any atom is -0.497 e. The molecule has 0 saturated carbocycles. The number of benzene rings is 3. The van der Waals surface area contributed by atoms with Crippen molar-refractivity contribution in [2.45, 2.75) is 96.5 Å². The Bertz CT molecular complexity index is 1740. The number of rotatable bonds is 23. The summed E-state index contributed by atoms with van der Waals surface area (Å²) in [5.41, 5.74) is 1.01. The van der Waals surface area contributed by atoms with Gasteiger partial charge in [-0.2, -0.15) is 18.4 Å². The number of likely N-dealkylation sites (tertiary alicyclic amines) is 1. The number of carbonyl (C=O) groups excluding carboxylic acids is 2. The molecule has 1 fully saturated rings. The van der Waals surface area contributed by atoms with E-state index in [2.05, 4.69) is 50.6 Å². The van der Waals surface area contributed by atoms with Crippen molar-refractivity contribution in [1.29, 1.82) is 5.26 Å². The molecule has 0 spiro atoms. The number of alkyl halides is 3. The van der Waals surface area contributed by atoms with Crippen molar-refractivity contribution in [2.75, 3.05) is 53.7 Å². The lowest BCUT2D eigenvalue weighted by atomic mass is 9.77. The number of piperidine rings is 1. The van der Waals surface area contributed by atoms with Crippen LogP contribution in [0.1, 0.15) is 89.3 Å². The van der Waals surface area contributed by atoms with Gasteiger partial charge in [0.15, 0.2) is 0 Å². The van der Waals surface area contributed by atoms with Gasteiger partial charge in [0.1, 0.15) is 17.1 Å². The highest BCUT2D eigenvalue weighted by Crippen LogP contribution is 2.50. The maximum absolute atomic E-state index is 13.5. The Morgan fingerprint density at radius 3 is 1.87 bits per heavy atom. The summed E-state index contributed by atoms with van der Waals surface area (Å²) in [4.78, 5) is 26.4. The lowest BCUT2D eigenvalue weighted by Gasteiger charge is -2.45. The van der Waals surface area contributed by atoms with Crippen LogP contribution >= 0.6 is 8.53 Å². The third-order valence-electron chi connectivity index (χ3n) is 10.7. The molecule has 0 radical (unpaired) electrons. The number of amides is 2. The number of hydrogen-bond acceptors (Lipinski definition) is 9. The summed E-state index contributed by atoms with van der Waals surface area (Å²) >= 11 is 0. The third kappa shape index (κ3) is 13.1. The first-order chi connectivity index (χ1) is 28.7. The largest absolute Gasteiger partial charge is 0.497 e. The quantitative estimate of drug-likeness (QED) is 0.0565. The molecule has 15 heteroatoms. The second-order valence-corrected chi connectivity index (χ2v) is 17.0. The van der Waals surface area contributed by atoms with E-state index in [9.17, 15) is 28.0 Å². The van der Waals surface area contributed by atoms with Gasteiger partial charge >= 0.3 is 12.1 Å². The summed E-state index contributed by atoms with van der Waals surface area (Å²) in [5, 5.41) is 11.2. The minimum atomic E-state index is -4.92. The molecule has 1 atom stereocenters. The fourth-order valence-electron chi connectivity index (χ4n) is 7.44. The van der Waals surface area contributed by atoms with Gasteiger partial charge in [-0.05, 0) is 94.3 Å². The van der Waals surface area contributed by atoms with Crippen LogP contribution in [0.15, 0.2) is 78.9 Å². The van der Waals surface area contributed by atoms with E-state index in [1.54, 1.807) is 14.2 Å². The predicted octanol–water partition coefficient (Wildman–Crippen LogP) is 9.15. The molecule has 1 aliphatic rings. The average Bonchev–Trinajstić information content (AvgIpc) is 3.24. The maximum atomic E-state index is 13.5. The molecule has 3 aromatic rings. The van der Waals surface area contributed by atoms with Crippen molar-refractivity contribution in [1.82, 2.24) is 14.9 Å². The number of carbonyl (C=O) groups is 2. The van der Waals surface area contributed by atoms with Gasteiger partial charge in [-0.15, -0.1) is 0 Å². The van der Waals surface area contributed by atoms with Gasteiger partial charge in [0, 0.05) is 43.6 Å². The topological polar surface area (TPSA) is 123 Å². The van der Waals surface area contributed by atoms with E-state index >= 15 is 0 Å². The van der Waals surface area contributed by atoms with E-state index in [0.717, 1.165) is 16.7 Å². The first-order valence-corrected chi connectivity index (χ1v) is 21.6. The summed E-state index contributed by atoms with van der Waals surface area (Å²) in [7, 11) is 1.68. The van der Waals surface area contributed by atoms with Crippen LogP contribution in [0, 0.1) is 16.7 Å². The molecule has 1 unspecified atom stereocenters. The number of methoxy groups -OCH3 is 2. The van der Waals surface area contributed by atoms with Crippen molar-refractivity contribution in [3.63, 3.8) is 0 Å². The van der Waals surface area contributed by atoms with Crippen LogP contribution in [-0.4, -0.2) is 93.3 Å². The highest BCUT2D eigenvalue weighted by molar-refractivity contribution is 7.44. The highest BCUT2D eigenvalue weighted by Gasteiger charge is 2.44. The fourth-order valence-corrected chi connectivity index (χ4v) is 9.17. The Balaban J connectivity index is 1.65. The molecule has 11 nitrogen and oxygen atoms in total. The van der Waals surface area contributed by atoms with E-state index in [1.807, 2.05) is 76.9 Å². The molecule has 1 heterocycles. The van der Waals surface area contributed by atoms with Gasteiger partial charge in [0.2, 0.25) is 5.91 Å². The number of nitrogens with one attached hydrogen (secondary N) is 1. The fraction of sp³-hybridized carbons (Fsp3) is 0.533. The Labute approximate surface area is 354 Å². The minimum absolute atomic E-state index is 0.0345. The summed E-state index contributed by atoms with van der Waals surface area (Å²) < 4.78 is 71.4. The van der Waals surface area contributed by atoms with E-state index in [0.29, 0.717) is 56.7 Å². The normalized spacial score (nSPS) is 14.9. The Morgan fingerprint density at radius 2 is 1.37 bits per heavy atom. The average molecular weight is 857 g/mol. The van der Waals surface area contributed by atoms with Gasteiger partial charge in [-0.3, -0.25) is 9.59 Å². The molecule has 4 rings (SSSR count). The molecule has 60 heavy (non-hydrogen) atoms. The predicted molar refractivity (Wildman–Crippen MR) is 225 cm³/mol. The zero-order valence-corrected chi connectivity index (χ0v) is 36.5. The molecule has 2 amide bonds. The van der Waals surface area contributed by atoms with Gasteiger partial charge in [-0.1, -0.05) is 61.0 Å². The number of unbranched alkanes of at least 4 members (excludes halogenated alkanes) is 2. The van der Waals surface area contributed by atoms with E-state index in [1.165, 1.54) is 0 Å². The van der Waals surface area contributed by atoms with E-state index in [-0.39, 0.29) is 57.2 Å². The second kappa shape index (κ2) is 23.1. The van der Waals surface area contributed by atoms with Crippen LogP contribution in [-0.2, 0) is 29.0 Å². The molecule has 1 N–H and O–H groups in total. The molecule has 0 aromatic heterocycles. The number of hydrogen-bond donors (Lipinski definition) is 1. The van der Waals surface area contributed by atoms with Gasteiger partial charge in [-0.25, -0.2) is 4.67 Å². The smallest absolute Gasteiger partial charge is 0.471 e. The molecular weight excluding hydrogens is 796 g/mol. The lowest BCUT2D eigenvalue weighted by molar-refractivity contribution is -0.173. The third-order valence-corrected chi connectivity index (χ3v) is 12.8. The first-order valence-electron chi connectivity index (χ1n) is 20.5. The Morgan fingerprint density at radius 1 is 0.817 bits per heavy atom. The SMILES string of the molecule is COc1ccc(C(OCC2(COP(OCCC#N)N(C(C)C)C(C)C)CCN(C(=O)CCCCCNC(=O)C(F)(F)F)CC2)(c2ccccc2)c2ccc(OC)cc2)cc1. The van der Waals surface area contributed by atoms with E-state index in [4.69, 9.17) is 23.3 Å². The number of nitriles is 1. The number of nitrogens with zero attached hydrogens (tertiary/aromatic N) is 3. The van der Waals surface area contributed by atoms with Crippen molar-refractivity contribution < 1.29 is 46.0 Å². The van der Waals surface area contributed by atoms with Crippen LogP contribution in [0.25, 0.3) is 0 Å². The van der Waals surface area contributed by atoms with Crippen molar-refractivity contribution in [3.05, 3.63) is 95.6 Å². The molecule has 3 aromatic carbocycles. The van der Waals surface area contributed by atoms with Gasteiger partial charge in [0.05, 0.1) is 46.5 Å². The van der Waals surface area contributed by atoms with Crippen molar-refractivity contribution >= 4 is 20.3 Å². The molecule has 328 valence electrons. The molecule has 0 aliphatic carbocycles. The lowest BCUT2D eigenvalue weighted by Crippen LogP contribution is -2.48. The summed E-state index contributed by atoms with van der Waals surface area (Å²) in [6.07, 6.45) is -2.01. The van der Waals surface area contributed by atoms with Crippen molar-refractivity contribution in [3.8, 4) is 17.6 Å². The van der Waals surface area contributed by atoms with E-state index < -0.39 is 31.6 Å². The first kappa shape index (κ1) is 48.4. The molecule has 0 bridgehead atoms.